The highest BCUT2D eigenvalue weighted by Gasteiger charge is 2.08. The second-order valence-electron chi connectivity index (χ2n) is 4.89. The number of fused-ring (bicyclic) bond motifs is 1. The fourth-order valence-corrected chi connectivity index (χ4v) is 2.14. The molecule has 0 aliphatic rings. The Labute approximate surface area is 116 Å². The average Bonchev–Trinajstić information content (AvgIpc) is 2.41. The molecule has 0 amide bonds. The number of nitrogens with two attached hydrogens (primary N) is 1. The highest BCUT2D eigenvalue weighted by atomic mass is 19.1. The zero-order chi connectivity index (χ0) is 14.3. The number of hydrogen-bond acceptors (Lipinski definition) is 3. The van der Waals surface area contributed by atoms with E-state index in [1.807, 2.05) is 32.0 Å². The molecule has 2 N–H and O–H groups in total. The smallest absolute Gasteiger partial charge is 0.162 e. The third-order valence-electron chi connectivity index (χ3n) is 3.45. The number of halogens is 1. The minimum Gasteiger partial charge on any atom is -0.383 e. The van der Waals surface area contributed by atoms with Crippen LogP contribution in [0.15, 0.2) is 36.4 Å². The van der Waals surface area contributed by atoms with Gasteiger partial charge < -0.3 is 5.73 Å². The van der Waals surface area contributed by atoms with Crippen molar-refractivity contribution in [2.24, 2.45) is 0 Å². The number of rotatable bonds is 1. The largest absolute Gasteiger partial charge is 0.383 e. The molecule has 0 fully saturated rings. The first-order valence-electron chi connectivity index (χ1n) is 6.35. The molecule has 3 rings (SSSR count). The number of aromatic nitrogens is 2. The molecule has 0 saturated carbocycles. The fraction of sp³-hybridized carbons (Fsp3) is 0.125. The number of benzene rings is 2. The van der Waals surface area contributed by atoms with Crippen molar-refractivity contribution >= 4 is 16.7 Å². The van der Waals surface area contributed by atoms with Gasteiger partial charge in [-0.15, -0.1) is 0 Å². The van der Waals surface area contributed by atoms with Crippen LogP contribution in [0, 0.1) is 19.7 Å². The van der Waals surface area contributed by atoms with Crippen LogP contribution in [0.1, 0.15) is 11.1 Å². The zero-order valence-corrected chi connectivity index (χ0v) is 11.3. The molecule has 0 spiro atoms. The molecule has 20 heavy (non-hydrogen) atoms. The quantitative estimate of drug-likeness (QED) is 0.732. The molecule has 1 heterocycles. The van der Waals surface area contributed by atoms with Crippen LogP contribution >= 0.6 is 0 Å². The van der Waals surface area contributed by atoms with Gasteiger partial charge in [0.15, 0.2) is 5.82 Å². The van der Waals surface area contributed by atoms with Crippen molar-refractivity contribution in [3.8, 4) is 11.4 Å². The molecule has 1 aromatic heterocycles. The Hall–Kier alpha value is -2.49. The summed E-state index contributed by atoms with van der Waals surface area (Å²) in [5.74, 6) is 0.550. The van der Waals surface area contributed by atoms with Crippen LogP contribution in [0.2, 0.25) is 0 Å². The van der Waals surface area contributed by atoms with E-state index < -0.39 is 0 Å². The molecule has 0 radical (unpaired) electrons. The maximum Gasteiger partial charge on any atom is 0.162 e. The van der Waals surface area contributed by atoms with E-state index in [2.05, 4.69) is 9.97 Å². The third-order valence-corrected chi connectivity index (χ3v) is 3.45. The normalized spacial score (nSPS) is 10.9. The summed E-state index contributed by atoms with van der Waals surface area (Å²) in [6, 6.07) is 10.3. The van der Waals surface area contributed by atoms with E-state index in [0.717, 1.165) is 11.1 Å². The Morgan fingerprint density at radius 3 is 2.50 bits per heavy atom. The van der Waals surface area contributed by atoms with Crippen LogP contribution in [0.5, 0.6) is 0 Å². The van der Waals surface area contributed by atoms with Gasteiger partial charge in [-0.25, -0.2) is 14.4 Å². The van der Waals surface area contributed by atoms with Crippen molar-refractivity contribution in [3.63, 3.8) is 0 Å². The summed E-state index contributed by atoms with van der Waals surface area (Å²) in [5, 5.41) is 0.666. The van der Waals surface area contributed by atoms with Gasteiger partial charge in [-0.1, -0.05) is 12.1 Å². The Kier molecular flexibility index (Phi) is 2.86. The molecule has 0 saturated heterocycles. The minimum atomic E-state index is -0.332. The lowest BCUT2D eigenvalue weighted by atomic mass is 10.1. The van der Waals surface area contributed by atoms with E-state index in [4.69, 9.17) is 5.73 Å². The average molecular weight is 267 g/mol. The van der Waals surface area contributed by atoms with Gasteiger partial charge in [-0.3, -0.25) is 0 Å². The molecule has 0 aliphatic carbocycles. The Bertz CT molecular complexity index is 812. The van der Waals surface area contributed by atoms with Crippen LogP contribution < -0.4 is 5.73 Å². The van der Waals surface area contributed by atoms with Crippen LogP contribution in [0.4, 0.5) is 10.2 Å². The van der Waals surface area contributed by atoms with Gasteiger partial charge in [0.25, 0.3) is 0 Å². The summed E-state index contributed by atoms with van der Waals surface area (Å²) in [6.45, 7) is 4.08. The topological polar surface area (TPSA) is 51.8 Å². The van der Waals surface area contributed by atoms with Gasteiger partial charge >= 0.3 is 0 Å². The van der Waals surface area contributed by atoms with Crippen molar-refractivity contribution in [2.45, 2.75) is 13.8 Å². The van der Waals surface area contributed by atoms with E-state index in [9.17, 15) is 4.39 Å². The van der Waals surface area contributed by atoms with Gasteiger partial charge in [-0.2, -0.15) is 0 Å². The first kappa shape index (κ1) is 12.5. The van der Waals surface area contributed by atoms with Crippen LogP contribution in [0.3, 0.4) is 0 Å². The van der Waals surface area contributed by atoms with Crippen molar-refractivity contribution in [1.29, 1.82) is 0 Å². The van der Waals surface area contributed by atoms with Crippen molar-refractivity contribution in [1.82, 2.24) is 9.97 Å². The molecular weight excluding hydrogens is 253 g/mol. The summed E-state index contributed by atoms with van der Waals surface area (Å²) < 4.78 is 13.3. The Morgan fingerprint density at radius 1 is 0.950 bits per heavy atom. The highest BCUT2D eigenvalue weighted by molar-refractivity contribution is 5.89. The maximum atomic E-state index is 13.3. The molecule has 2 aromatic carbocycles. The minimum absolute atomic E-state index is 0.332. The number of hydrogen-bond donors (Lipinski definition) is 1. The molecule has 100 valence electrons. The van der Waals surface area contributed by atoms with Gasteiger partial charge in [-0.05, 0) is 43.2 Å². The lowest BCUT2D eigenvalue weighted by Crippen LogP contribution is -1.98. The van der Waals surface area contributed by atoms with Crippen LogP contribution in [-0.2, 0) is 0 Å². The standard InChI is InChI=1S/C16H14FN3/c1-9-3-4-11(7-10(9)2)16-19-14-8-12(17)5-6-13(14)15(18)20-16/h3-8H,1-2H3,(H2,18,19,20). The molecule has 0 unspecified atom stereocenters. The van der Waals surface area contributed by atoms with Gasteiger partial charge in [0.05, 0.1) is 5.52 Å². The van der Waals surface area contributed by atoms with Gasteiger partial charge in [0.2, 0.25) is 0 Å². The number of anilines is 1. The Balaban J connectivity index is 2.23. The highest BCUT2D eigenvalue weighted by Crippen LogP contribution is 2.24. The van der Waals surface area contributed by atoms with E-state index in [0.29, 0.717) is 22.5 Å². The SMILES string of the molecule is Cc1ccc(-c2nc(N)c3ccc(F)cc3n2)cc1C. The van der Waals surface area contributed by atoms with Crippen LogP contribution in [-0.4, -0.2) is 9.97 Å². The van der Waals surface area contributed by atoms with E-state index in [1.54, 1.807) is 6.07 Å². The summed E-state index contributed by atoms with van der Waals surface area (Å²) in [4.78, 5) is 8.72. The zero-order valence-electron chi connectivity index (χ0n) is 11.3. The first-order valence-corrected chi connectivity index (χ1v) is 6.35. The fourth-order valence-electron chi connectivity index (χ4n) is 2.14. The molecular formula is C16H14FN3. The summed E-state index contributed by atoms with van der Waals surface area (Å²) >= 11 is 0. The monoisotopic (exact) mass is 267 g/mol. The second kappa shape index (κ2) is 4.56. The summed E-state index contributed by atoms with van der Waals surface area (Å²) in [5.41, 5.74) is 9.70. The lowest BCUT2D eigenvalue weighted by molar-refractivity contribution is 0.629. The maximum absolute atomic E-state index is 13.3. The van der Waals surface area contributed by atoms with Gasteiger partial charge in [0, 0.05) is 17.0 Å². The lowest BCUT2D eigenvalue weighted by Gasteiger charge is -2.07. The number of nitrogens with zero attached hydrogens (tertiary/aromatic N) is 2. The number of nitrogen functional groups attached to an aromatic ring is 1. The van der Waals surface area contributed by atoms with Crippen molar-refractivity contribution in [2.75, 3.05) is 5.73 Å². The molecule has 0 bridgehead atoms. The number of aryl methyl sites for hydroxylation is 2. The molecule has 0 atom stereocenters. The van der Waals surface area contributed by atoms with E-state index in [1.165, 1.54) is 17.7 Å². The van der Waals surface area contributed by atoms with Gasteiger partial charge in [0.1, 0.15) is 11.6 Å². The second-order valence-corrected chi connectivity index (χ2v) is 4.89. The van der Waals surface area contributed by atoms with Crippen LogP contribution in [0.25, 0.3) is 22.3 Å². The van der Waals surface area contributed by atoms with Crippen molar-refractivity contribution in [3.05, 3.63) is 53.3 Å². The summed E-state index contributed by atoms with van der Waals surface area (Å²) in [7, 11) is 0. The molecule has 3 aromatic rings. The van der Waals surface area contributed by atoms with Crippen molar-refractivity contribution < 1.29 is 4.39 Å². The first-order chi connectivity index (χ1) is 9.54. The van der Waals surface area contributed by atoms with E-state index in [-0.39, 0.29) is 5.82 Å². The predicted molar refractivity (Wildman–Crippen MR) is 78.8 cm³/mol. The molecule has 0 aliphatic heterocycles. The molecule has 3 nitrogen and oxygen atoms in total. The predicted octanol–water partition coefficient (Wildman–Crippen LogP) is 3.63. The Morgan fingerprint density at radius 2 is 1.75 bits per heavy atom. The summed E-state index contributed by atoms with van der Waals surface area (Å²) in [6.07, 6.45) is 0. The molecule has 4 heteroatoms. The third kappa shape index (κ3) is 2.09. The van der Waals surface area contributed by atoms with E-state index >= 15 is 0 Å².